The second kappa shape index (κ2) is 7.50. The maximum absolute atomic E-state index is 11.6. The summed E-state index contributed by atoms with van der Waals surface area (Å²) in [6.07, 6.45) is 1.56. The Kier molecular flexibility index (Phi) is 6.31. The number of hydrogen-bond acceptors (Lipinski definition) is 3. The number of nitrogens with one attached hydrogen (secondary N) is 1. The van der Waals surface area contributed by atoms with E-state index in [1.807, 2.05) is 39.0 Å². The molecule has 1 aromatic rings. The predicted octanol–water partition coefficient (Wildman–Crippen LogP) is 2.40. The zero-order valence-corrected chi connectivity index (χ0v) is 12.7. The molecule has 4 nitrogen and oxygen atoms in total. The molecule has 0 unspecified atom stereocenters. The molecule has 0 aromatic heterocycles. The summed E-state index contributed by atoms with van der Waals surface area (Å²) in [6, 6.07) is 5.85. The fourth-order valence-electron chi connectivity index (χ4n) is 1.65. The Labute approximate surface area is 116 Å². The van der Waals surface area contributed by atoms with Gasteiger partial charge in [-0.25, -0.2) is 13.1 Å². The molecule has 0 bridgehead atoms. The molecular formula is C14H23NO3S. The highest BCUT2D eigenvalue weighted by Crippen LogP contribution is 2.20. The minimum Gasteiger partial charge on any atom is -0.492 e. The minimum atomic E-state index is -3.15. The minimum absolute atomic E-state index is 0.187. The topological polar surface area (TPSA) is 55.4 Å². The molecule has 0 aliphatic heterocycles. The zero-order chi connectivity index (χ0) is 14.3. The molecule has 1 rings (SSSR count). The van der Waals surface area contributed by atoms with Crippen LogP contribution in [0.2, 0.25) is 0 Å². The van der Waals surface area contributed by atoms with Crippen molar-refractivity contribution >= 4 is 10.0 Å². The number of hydrogen-bond donors (Lipinski definition) is 1. The lowest BCUT2D eigenvalue weighted by atomic mass is 10.1. The van der Waals surface area contributed by atoms with Crippen LogP contribution in [0.15, 0.2) is 18.2 Å². The Morgan fingerprint density at radius 3 is 2.68 bits per heavy atom. The second-order valence-corrected chi connectivity index (χ2v) is 6.54. The third-order valence-electron chi connectivity index (χ3n) is 3.00. The van der Waals surface area contributed by atoms with Gasteiger partial charge >= 0.3 is 0 Å². The van der Waals surface area contributed by atoms with Crippen LogP contribution in [0.1, 0.15) is 30.9 Å². The molecule has 0 fully saturated rings. The number of unbranched alkanes of at least 4 members (excludes halogenated alkanes) is 1. The van der Waals surface area contributed by atoms with E-state index in [-0.39, 0.29) is 5.75 Å². The van der Waals surface area contributed by atoms with Crippen molar-refractivity contribution in [3.05, 3.63) is 29.3 Å². The Morgan fingerprint density at radius 1 is 1.26 bits per heavy atom. The fraction of sp³-hybridized carbons (Fsp3) is 0.571. The van der Waals surface area contributed by atoms with Crippen LogP contribution in [0.25, 0.3) is 0 Å². The lowest BCUT2D eigenvalue weighted by Gasteiger charge is -2.11. The number of ether oxygens (including phenoxy) is 1. The number of rotatable bonds is 8. The first kappa shape index (κ1) is 16.0. The Bertz CT molecular complexity index is 497. The largest absolute Gasteiger partial charge is 0.492 e. The van der Waals surface area contributed by atoms with Crippen molar-refractivity contribution in [3.63, 3.8) is 0 Å². The van der Waals surface area contributed by atoms with Gasteiger partial charge in [0.1, 0.15) is 12.4 Å². The molecule has 0 saturated heterocycles. The summed E-state index contributed by atoms with van der Waals surface area (Å²) < 4.78 is 31.2. The maximum Gasteiger partial charge on any atom is 0.211 e. The molecule has 1 N–H and O–H groups in total. The summed E-state index contributed by atoms with van der Waals surface area (Å²) in [6.45, 7) is 6.64. The third kappa shape index (κ3) is 5.61. The van der Waals surface area contributed by atoms with Gasteiger partial charge in [-0.15, -0.1) is 0 Å². The molecule has 108 valence electrons. The summed E-state index contributed by atoms with van der Waals surface area (Å²) in [5, 5.41) is 0. The number of sulfonamides is 1. The smallest absolute Gasteiger partial charge is 0.211 e. The van der Waals surface area contributed by atoms with Gasteiger partial charge in [0.05, 0.1) is 5.75 Å². The summed E-state index contributed by atoms with van der Waals surface area (Å²) in [5.41, 5.74) is 2.26. The van der Waals surface area contributed by atoms with Gasteiger partial charge in [0.15, 0.2) is 0 Å². The number of benzene rings is 1. The van der Waals surface area contributed by atoms with E-state index in [0.29, 0.717) is 19.6 Å². The zero-order valence-electron chi connectivity index (χ0n) is 11.9. The van der Waals surface area contributed by atoms with Crippen molar-refractivity contribution < 1.29 is 13.2 Å². The van der Waals surface area contributed by atoms with Crippen molar-refractivity contribution in [3.8, 4) is 5.75 Å². The molecule has 0 radical (unpaired) electrons. The summed E-state index contributed by atoms with van der Waals surface area (Å²) in [5.74, 6) is 1.00. The van der Waals surface area contributed by atoms with E-state index in [1.165, 1.54) is 5.56 Å². The number of aryl methyl sites for hydroxylation is 1. The van der Waals surface area contributed by atoms with Crippen LogP contribution >= 0.6 is 0 Å². The highest BCUT2D eigenvalue weighted by Gasteiger charge is 2.08. The summed E-state index contributed by atoms with van der Waals surface area (Å²) in [4.78, 5) is 0. The second-order valence-electron chi connectivity index (χ2n) is 4.61. The standard InChI is InChI=1S/C14H23NO3S/c1-4-5-11-19(16,17)15-9-10-18-14-8-6-7-12(2)13(14)3/h6-8,15H,4-5,9-11H2,1-3H3. The van der Waals surface area contributed by atoms with Crippen LogP contribution in [-0.4, -0.2) is 27.3 Å². The summed E-state index contributed by atoms with van der Waals surface area (Å²) >= 11 is 0. The SMILES string of the molecule is CCCCS(=O)(=O)NCCOc1cccc(C)c1C. The fourth-order valence-corrected chi connectivity index (χ4v) is 2.85. The van der Waals surface area contributed by atoms with E-state index in [2.05, 4.69) is 4.72 Å². The average Bonchev–Trinajstić information content (AvgIpc) is 2.37. The van der Waals surface area contributed by atoms with Gasteiger partial charge in [0.25, 0.3) is 0 Å². The molecule has 0 atom stereocenters. The van der Waals surface area contributed by atoms with Crippen molar-refractivity contribution in [2.75, 3.05) is 18.9 Å². The van der Waals surface area contributed by atoms with E-state index >= 15 is 0 Å². The molecule has 0 saturated carbocycles. The van der Waals surface area contributed by atoms with Crippen LogP contribution in [0.4, 0.5) is 0 Å². The van der Waals surface area contributed by atoms with Gasteiger partial charge in [0.2, 0.25) is 10.0 Å². The van der Waals surface area contributed by atoms with Crippen molar-refractivity contribution in [1.82, 2.24) is 4.72 Å². The normalized spacial score (nSPS) is 11.5. The van der Waals surface area contributed by atoms with E-state index in [0.717, 1.165) is 17.7 Å². The Balaban J connectivity index is 2.37. The van der Waals surface area contributed by atoms with Gasteiger partial charge < -0.3 is 4.74 Å². The van der Waals surface area contributed by atoms with Crippen LogP contribution in [0.3, 0.4) is 0 Å². The van der Waals surface area contributed by atoms with Crippen LogP contribution in [0.5, 0.6) is 5.75 Å². The molecule has 0 amide bonds. The van der Waals surface area contributed by atoms with Gasteiger partial charge in [-0.2, -0.15) is 0 Å². The van der Waals surface area contributed by atoms with Gasteiger partial charge in [-0.1, -0.05) is 25.5 Å². The van der Waals surface area contributed by atoms with Gasteiger partial charge in [0, 0.05) is 6.54 Å². The lowest BCUT2D eigenvalue weighted by Crippen LogP contribution is -2.30. The highest BCUT2D eigenvalue weighted by atomic mass is 32.2. The molecular weight excluding hydrogens is 262 g/mol. The van der Waals surface area contributed by atoms with E-state index in [9.17, 15) is 8.42 Å². The van der Waals surface area contributed by atoms with Crippen LogP contribution < -0.4 is 9.46 Å². The molecule has 19 heavy (non-hydrogen) atoms. The predicted molar refractivity (Wildman–Crippen MR) is 78.1 cm³/mol. The average molecular weight is 285 g/mol. The van der Waals surface area contributed by atoms with E-state index in [1.54, 1.807) is 0 Å². The van der Waals surface area contributed by atoms with Crippen molar-refractivity contribution in [2.24, 2.45) is 0 Å². The molecule has 0 heterocycles. The van der Waals surface area contributed by atoms with Gasteiger partial charge in [-0.05, 0) is 37.5 Å². The first-order chi connectivity index (χ1) is 8.96. The highest BCUT2D eigenvalue weighted by molar-refractivity contribution is 7.89. The molecule has 0 aliphatic carbocycles. The monoisotopic (exact) mass is 285 g/mol. The lowest BCUT2D eigenvalue weighted by molar-refractivity contribution is 0.320. The molecule has 5 heteroatoms. The van der Waals surface area contributed by atoms with E-state index in [4.69, 9.17) is 4.74 Å². The maximum atomic E-state index is 11.6. The molecule has 1 aromatic carbocycles. The Hall–Kier alpha value is -1.07. The van der Waals surface area contributed by atoms with Crippen molar-refractivity contribution in [2.45, 2.75) is 33.6 Å². The first-order valence-electron chi connectivity index (χ1n) is 6.62. The molecule has 0 aliphatic rings. The summed E-state index contributed by atoms with van der Waals surface area (Å²) in [7, 11) is -3.15. The van der Waals surface area contributed by atoms with Crippen LogP contribution in [-0.2, 0) is 10.0 Å². The Morgan fingerprint density at radius 2 is 2.00 bits per heavy atom. The first-order valence-corrected chi connectivity index (χ1v) is 8.28. The van der Waals surface area contributed by atoms with Gasteiger partial charge in [-0.3, -0.25) is 0 Å². The van der Waals surface area contributed by atoms with Crippen LogP contribution in [0, 0.1) is 13.8 Å². The molecule has 0 spiro atoms. The third-order valence-corrected chi connectivity index (χ3v) is 4.47. The van der Waals surface area contributed by atoms with E-state index < -0.39 is 10.0 Å². The quantitative estimate of drug-likeness (QED) is 0.746. The van der Waals surface area contributed by atoms with Crippen molar-refractivity contribution in [1.29, 1.82) is 0 Å².